The molecule has 1 saturated heterocycles. The number of fused-ring (bicyclic) bond motifs is 1. The van der Waals surface area contributed by atoms with Crippen LogP contribution in [0.5, 0.6) is 0 Å². The minimum absolute atomic E-state index is 0.204. The molecule has 1 N–H and O–H groups in total. The number of nitrogens with one attached hydrogen (secondary N) is 1. The molecule has 0 aliphatic carbocycles. The van der Waals surface area contributed by atoms with Crippen LogP contribution < -0.4 is 10.2 Å². The van der Waals surface area contributed by atoms with Crippen molar-refractivity contribution in [2.24, 2.45) is 0 Å². The van der Waals surface area contributed by atoms with E-state index in [0.29, 0.717) is 11.4 Å². The van der Waals surface area contributed by atoms with Crippen LogP contribution in [-0.2, 0) is 0 Å². The molecule has 1 fully saturated rings. The molecular weight excluding hydrogens is 400 g/mol. The van der Waals surface area contributed by atoms with Crippen molar-refractivity contribution in [3.8, 4) is 11.3 Å². The molecule has 1 amide bonds. The van der Waals surface area contributed by atoms with Gasteiger partial charge in [0, 0.05) is 61.3 Å². The van der Waals surface area contributed by atoms with Crippen LogP contribution in [0.15, 0.2) is 73.2 Å². The Morgan fingerprint density at radius 2 is 1.75 bits per heavy atom. The highest BCUT2D eigenvalue weighted by molar-refractivity contribution is 6.05. The fraction of sp³-hybridized carbons (Fsp3) is 0.200. The Morgan fingerprint density at radius 3 is 2.50 bits per heavy atom. The Hall–Kier alpha value is -3.84. The molecular formula is C25H24N6O. The Kier molecular flexibility index (Phi) is 5.47. The molecule has 1 aliphatic heterocycles. The quantitative estimate of drug-likeness (QED) is 0.539. The van der Waals surface area contributed by atoms with E-state index >= 15 is 0 Å². The van der Waals surface area contributed by atoms with Gasteiger partial charge in [0.15, 0.2) is 0 Å². The summed E-state index contributed by atoms with van der Waals surface area (Å²) in [5.41, 5.74) is 2.49. The molecule has 1 aromatic carbocycles. The number of carbonyl (C=O) groups excluding carboxylic acids is 1. The zero-order valence-electron chi connectivity index (χ0n) is 17.9. The number of hydrogen-bond donors (Lipinski definition) is 1. The van der Waals surface area contributed by atoms with Crippen molar-refractivity contribution in [1.29, 1.82) is 0 Å². The maximum absolute atomic E-state index is 12.8. The van der Waals surface area contributed by atoms with Gasteiger partial charge in [-0.15, -0.1) is 0 Å². The van der Waals surface area contributed by atoms with E-state index in [4.69, 9.17) is 4.98 Å². The smallest absolute Gasteiger partial charge is 0.256 e. The van der Waals surface area contributed by atoms with E-state index in [2.05, 4.69) is 50.3 Å². The molecule has 4 heterocycles. The molecule has 0 unspecified atom stereocenters. The molecule has 0 radical (unpaired) electrons. The summed E-state index contributed by atoms with van der Waals surface area (Å²) in [7, 11) is 2.13. The molecule has 1 aliphatic rings. The number of anilines is 2. The third-order valence-electron chi connectivity index (χ3n) is 5.76. The van der Waals surface area contributed by atoms with Gasteiger partial charge >= 0.3 is 0 Å². The topological polar surface area (TPSA) is 74.2 Å². The van der Waals surface area contributed by atoms with Crippen LogP contribution >= 0.6 is 0 Å². The Labute approximate surface area is 186 Å². The van der Waals surface area contributed by atoms with Gasteiger partial charge in [-0.3, -0.25) is 14.8 Å². The second-order valence-corrected chi connectivity index (χ2v) is 7.96. The van der Waals surface area contributed by atoms with Crippen molar-refractivity contribution < 1.29 is 4.79 Å². The van der Waals surface area contributed by atoms with Crippen LogP contribution in [0.4, 0.5) is 11.6 Å². The second kappa shape index (κ2) is 8.72. The lowest BCUT2D eigenvalue weighted by Gasteiger charge is -2.34. The van der Waals surface area contributed by atoms with Gasteiger partial charge in [-0.2, -0.15) is 0 Å². The van der Waals surface area contributed by atoms with E-state index in [-0.39, 0.29) is 5.91 Å². The monoisotopic (exact) mass is 424 g/mol. The molecule has 0 spiro atoms. The molecule has 160 valence electrons. The van der Waals surface area contributed by atoms with Gasteiger partial charge in [-0.1, -0.05) is 12.1 Å². The highest BCUT2D eigenvalue weighted by Gasteiger charge is 2.19. The van der Waals surface area contributed by atoms with Crippen LogP contribution in [0, 0.1) is 0 Å². The highest BCUT2D eigenvalue weighted by atomic mass is 16.1. The summed E-state index contributed by atoms with van der Waals surface area (Å²) >= 11 is 0. The second-order valence-electron chi connectivity index (χ2n) is 7.96. The predicted octanol–water partition coefficient (Wildman–Crippen LogP) is 3.70. The third-order valence-corrected chi connectivity index (χ3v) is 5.76. The first kappa shape index (κ1) is 20.1. The largest absolute Gasteiger partial charge is 0.353 e. The molecule has 4 aromatic rings. The average molecular weight is 425 g/mol. The van der Waals surface area contributed by atoms with E-state index in [9.17, 15) is 4.79 Å². The normalized spacial score (nSPS) is 14.5. The maximum Gasteiger partial charge on any atom is 0.256 e. The highest BCUT2D eigenvalue weighted by Crippen LogP contribution is 2.31. The lowest BCUT2D eigenvalue weighted by atomic mass is 10.0. The van der Waals surface area contributed by atoms with Crippen molar-refractivity contribution in [3.63, 3.8) is 0 Å². The van der Waals surface area contributed by atoms with E-state index in [1.54, 1.807) is 30.7 Å². The molecule has 0 saturated carbocycles. The standard InChI is InChI=1S/C25H24N6O/c1-30-12-14-31(15-13-30)24-21-6-5-19(22-4-2-3-9-27-22)16-20(21)17-23(28-24)29-25(32)18-7-10-26-11-8-18/h2-11,16-17H,12-15H2,1H3,(H,28,29,32). The fourth-order valence-corrected chi connectivity index (χ4v) is 3.95. The van der Waals surface area contributed by atoms with Gasteiger partial charge in [-0.05, 0) is 54.9 Å². The van der Waals surface area contributed by atoms with Crippen LogP contribution in [-0.4, -0.2) is 59.0 Å². The van der Waals surface area contributed by atoms with Crippen LogP contribution in [0.1, 0.15) is 10.4 Å². The van der Waals surface area contributed by atoms with Crippen molar-refractivity contribution in [3.05, 3.63) is 78.8 Å². The third kappa shape index (κ3) is 4.15. The average Bonchev–Trinajstić information content (AvgIpc) is 2.85. The minimum Gasteiger partial charge on any atom is -0.353 e. The first-order chi connectivity index (χ1) is 15.7. The Bertz CT molecular complexity index is 1240. The Morgan fingerprint density at radius 1 is 0.938 bits per heavy atom. The fourth-order valence-electron chi connectivity index (χ4n) is 3.95. The minimum atomic E-state index is -0.204. The number of amides is 1. The Balaban J connectivity index is 1.57. The summed E-state index contributed by atoms with van der Waals surface area (Å²) < 4.78 is 0. The van der Waals surface area contributed by atoms with E-state index in [1.165, 1.54) is 0 Å². The summed E-state index contributed by atoms with van der Waals surface area (Å²) in [5.74, 6) is 1.23. The summed E-state index contributed by atoms with van der Waals surface area (Å²) in [6.07, 6.45) is 5.01. The summed E-state index contributed by atoms with van der Waals surface area (Å²) in [5, 5.41) is 5.05. The molecule has 5 rings (SSSR count). The molecule has 7 nitrogen and oxygen atoms in total. The first-order valence-electron chi connectivity index (χ1n) is 10.7. The van der Waals surface area contributed by atoms with Gasteiger partial charge in [0.2, 0.25) is 0 Å². The lowest BCUT2D eigenvalue weighted by Crippen LogP contribution is -2.45. The molecule has 32 heavy (non-hydrogen) atoms. The molecule has 0 bridgehead atoms. The number of carbonyl (C=O) groups is 1. The van der Waals surface area contributed by atoms with E-state index in [0.717, 1.165) is 54.0 Å². The predicted molar refractivity (Wildman–Crippen MR) is 127 cm³/mol. The van der Waals surface area contributed by atoms with Crippen molar-refractivity contribution in [2.45, 2.75) is 0 Å². The number of benzene rings is 1. The van der Waals surface area contributed by atoms with Gasteiger partial charge in [0.25, 0.3) is 5.91 Å². The van der Waals surface area contributed by atoms with Gasteiger partial charge in [0.1, 0.15) is 11.6 Å². The van der Waals surface area contributed by atoms with Crippen LogP contribution in [0.2, 0.25) is 0 Å². The molecule has 0 atom stereocenters. The van der Waals surface area contributed by atoms with Gasteiger partial charge in [0.05, 0.1) is 5.69 Å². The maximum atomic E-state index is 12.8. The molecule has 3 aromatic heterocycles. The number of nitrogens with zero attached hydrogens (tertiary/aromatic N) is 5. The number of piperazine rings is 1. The zero-order chi connectivity index (χ0) is 21.9. The number of hydrogen-bond acceptors (Lipinski definition) is 6. The SMILES string of the molecule is CN1CCN(c2nc(NC(=O)c3ccncc3)cc3cc(-c4ccccn4)ccc23)CC1. The number of pyridine rings is 3. The first-order valence-corrected chi connectivity index (χ1v) is 10.7. The lowest BCUT2D eigenvalue weighted by molar-refractivity contribution is 0.102. The number of aromatic nitrogens is 3. The zero-order valence-corrected chi connectivity index (χ0v) is 17.9. The van der Waals surface area contributed by atoms with Gasteiger partial charge in [-0.25, -0.2) is 4.98 Å². The van der Waals surface area contributed by atoms with E-state index in [1.807, 2.05) is 24.3 Å². The number of likely N-dealkylation sites (N-methyl/N-ethyl adjacent to an activating group) is 1. The summed E-state index contributed by atoms with van der Waals surface area (Å²) in [4.78, 5) is 30.7. The van der Waals surface area contributed by atoms with Gasteiger partial charge < -0.3 is 15.1 Å². The molecule has 7 heteroatoms. The van der Waals surface area contributed by atoms with Crippen molar-refractivity contribution >= 4 is 28.3 Å². The summed E-state index contributed by atoms with van der Waals surface area (Å²) in [6, 6.07) is 17.5. The number of rotatable bonds is 4. The van der Waals surface area contributed by atoms with E-state index < -0.39 is 0 Å². The summed E-state index contributed by atoms with van der Waals surface area (Å²) in [6.45, 7) is 3.73. The van der Waals surface area contributed by atoms with Crippen molar-refractivity contribution in [1.82, 2.24) is 19.9 Å². The van der Waals surface area contributed by atoms with Crippen LogP contribution in [0.25, 0.3) is 22.0 Å². The van der Waals surface area contributed by atoms with Crippen molar-refractivity contribution in [2.75, 3.05) is 43.4 Å². The van der Waals surface area contributed by atoms with Crippen LogP contribution in [0.3, 0.4) is 0 Å².